The fourth-order valence-electron chi connectivity index (χ4n) is 1.01. The zero-order valence-electron chi connectivity index (χ0n) is 8.54. The van der Waals surface area contributed by atoms with Crippen molar-refractivity contribution in [3.05, 3.63) is 23.7 Å². The molecule has 1 atom stereocenters. The van der Waals surface area contributed by atoms with Crippen molar-refractivity contribution in [2.24, 2.45) is 5.73 Å². The van der Waals surface area contributed by atoms with Crippen LogP contribution in [0.5, 0.6) is 0 Å². The third-order valence-electron chi connectivity index (χ3n) is 2.08. The van der Waals surface area contributed by atoms with Gasteiger partial charge in [-0.15, -0.1) is 0 Å². The molecule has 0 aliphatic rings. The topological polar surface area (TPSA) is 68.3 Å². The van der Waals surface area contributed by atoms with Crippen LogP contribution in [0.3, 0.4) is 0 Å². The monoisotopic (exact) mass is 196 g/mol. The SMILES string of the molecule is CCC(C)NC(=O)c1ccc(CN)o1. The molecular weight excluding hydrogens is 180 g/mol. The lowest BCUT2D eigenvalue weighted by Gasteiger charge is -2.09. The molecule has 14 heavy (non-hydrogen) atoms. The van der Waals surface area contributed by atoms with Crippen LogP contribution >= 0.6 is 0 Å². The number of hydrogen-bond acceptors (Lipinski definition) is 3. The lowest BCUT2D eigenvalue weighted by atomic mass is 10.2. The molecule has 1 aromatic heterocycles. The molecule has 3 N–H and O–H groups in total. The van der Waals surface area contributed by atoms with Crippen LogP contribution in [-0.4, -0.2) is 11.9 Å². The van der Waals surface area contributed by atoms with Gasteiger partial charge >= 0.3 is 0 Å². The van der Waals surface area contributed by atoms with E-state index in [1.807, 2.05) is 13.8 Å². The summed E-state index contributed by atoms with van der Waals surface area (Å²) in [5.74, 6) is 0.768. The maximum atomic E-state index is 11.5. The number of rotatable bonds is 4. The summed E-state index contributed by atoms with van der Waals surface area (Å²) in [5.41, 5.74) is 5.37. The first kappa shape index (κ1) is 10.8. The molecule has 0 spiro atoms. The number of nitrogens with one attached hydrogen (secondary N) is 1. The number of amides is 1. The molecule has 1 amide bonds. The van der Waals surface area contributed by atoms with E-state index in [9.17, 15) is 4.79 Å². The predicted molar refractivity (Wildman–Crippen MR) is 53.8 cm³/mol. The number of hydrogen-bond donors (Lipinski definition) is 2. The molecule has 1 rings (SSSR count). The molecular formula is C10H16N2O2. The maximum Gasteiger partial charge on any atom is 0.287 e. The molecule has 0 radical (unpaired) electrons. The molecule has 0 aliphatic heterocycles. The maximum absolute atomic E-state index is 11.5. The van der Waals surface area contributed by atoms with Crippen LogP contribution in [0.2, 0.25) is 0 Å². The summed E-state index contributed by atoms with van der Waals surface area (Å²) in [6.45, 7) is 4.28. The van der Waals surface area contributed by atoms with Gasteiger partial charge in [-0.2, -0.15) is 0 Å². The fourth-order valence-corrected chi connectivity index (χ4v) is 1.01. The first-order chi connectivity index (χ1) is 6.67. The average molecular weight is 196 g/mol. The number of carbonyl (C=O) groups is 1. The minimum Gasteiger partial charge on any atom is -0.455 e. The summed E-state index contributed by atoms with van der Waals surface area (Å²) in [6.07, 6.45) is 0.899. The van der Waals surface area contributed by atoms with Crippen LogP contribution < -0.4 is 11.1 Å². The van der Waals surface area contributed by atoms with Gasteiger partial charge in [0.15, 0.2) is 5.76 Å². The number of nitrogens with two attached hydrogens (primary N) is 1. The Hall–Kier alpha value is -1.29. The summed E-state index contributed by atoms with van der Waals surface area (Å²) >= 11 is 0. The van der Waals surface area contributed by atoms with Crippen molar-refractivity contribution in [1.29, 1.82) is 0 Å². The van der Waals surface area contributed by atoms with Crippen LogP contribution in [0.1, 0.15) is 36.6 Å². The zero-order valence-corrected chi connectivity index (χ0v) is 8.54. The average Bonchev–Trinajstić information content (AvgIpc) is 2.65. The Kier molecular flexibility index (Phi) is 3.71. The second-order valence-corrected chi connectivity index (χ2v) is 3.25. The van der Waals surface area contributed by atoms with Crippen molar-refractivity contribution in [2.75, 3.05) is 0 Å². The van der Waals surface area contributed by atoms with E-state index in [2.05, 4.69) is 5.32 Å². The summed E-state index contributed by atoms with van der Waals surface area (Å²) in [6, 6.07) is 3.51. The number of carbonyl (C=O) groups excluding carboxylic acids is 1. The van der Waals surface area contributed by atoms with Crippen LogP contribution in [-0.2, 0) is 6.54 Å². The van der Waals surface area contributed by atoms with Crippen LogP contribution in [0.15, 0.2) is 16.5 Å². The minimum atomic E-state index is -0.181. The van der Waals surface area contributed by atoms with Gasteiger partial charge in [0.1, 0.15) is 5.76 Å². The standard InChI is InChI=1S/C10H16N2O2/c1-3-7(2)12-10(13)9-5-4-8(6-11)14-9/h4-5,7H,3,6,11H2,1-2H3,(H,12,13). The third-order valence-corrected chi connectivity index (χ3v) is 2.08. The normalized spacial score (nSPS) is 12.5. The Morgan fingerprint density at radius 1 is 1.64 bits per heavy atom. The van der Waals surface area contributed by atoms with Gasteiger partial charge in [-0.25, -0.2) is 0 Å². The van der Waals surface area contributed by atoms with Crippen LogP contribution in [0, 0.1) is 0 Å². The molecule has 78 valence electrons. The smallest absolute Gasteiger partial charge is 0.287 e. The highest BCUT2D eigenvalue weighted by Gasteiger charge is 2.12. The molecule has 0 saturated heterocycles. The first-order valence-electron chi connectivity index (χ1n) is 4.77. The Bertz CT molecular complexity index is 307. The molecule has 4 heteroatoms. The van der Waals surface area contributed by atoms with Gasteiger partial charge in [-0.05, 0) is 25.5 Å². The lowest BCUT2D eigenvalue weighted by molar-refractivity contribution is 0.0909. The molecule has 0 aromatic carbocycles. The van der Waals surface area contributed by atoms with E-state index in [0.29, 0.717) is 18.1 Å². The van der Waals surface area contributed by atoms with Gasteiger partial charge in [-0.3, -0.25) is 4.79 Å². The highest BCUT2D eigenvalue weighted by Crippen LogP contribution is 2.07. The first-order valence-corrected chi connectivity index (χ1v) is 4.77. The van der Waals surface area contributed by atoms with Gasteiger partial charge in [0.2, 0.25) is 0 Å². The van der Waals surface area contributed by atoms with E-state index in [1.54, 1.807) is 12.1 Å². The Labute approximate surface area is 83.5 Å². The Balaban J connectivity index is 2.60. The van der Waals surface area contributed by atoms with Crippen molar-refractivity contribution < 1.29 is 9.21 Å². The molecule has 4 nitrogen and oxygen atoms in total. The Morgan fingerprint density at radius 2 is 2.36 bits per heavy atom. The molecule has 1 heterocycles. The van der Waals surface area contributed by atoms with E-state index >= 15 is 0 Å². The molecule has 0 bridgehead atoms. The molecule has 1 unspecified atom stereocenters. The van der Waals surface area contributed by atoms with Crippen molar-refractivity contribution in [2.45, 2.75) is 32.9 Å². The largest absolute Gasteiger partial charge is 0.455 e. The lowest BCUT2D eigenvalue weighted by Crippen LogP contribution is -2.31. The van der Waals surface area contributed by atoms with E-state index in [-0.39, 0.29) is 11.9 Å². The summed E-state index contributed by atoms with van der Waals surface area (Å²) < 4.78 is 5.20. The summed E-state index contributed by atoms with van der Waals surface area (Å²) in [7, 11) is 0. The van der Waals surface area contributed by atoms with E-state index in [4.69, 9.17) is 10.2 Å². The molecule has 0 saturated carbocycles. The quantitative estimate of drug-likeness (QED) is 0.761. The van der Waals surface area contributed by atoms with Gasteiger partial charge in [-0.1, -0.05) is 6.92 Å². The molecule has 1 aromatic rings. The highest BCUT2D eigenvalue weighted by atomic mass is 16.4. The van der Waals surface area contributed by atoms with Crippen molar-refractivity contribution in [1.82, 2.24) is 5.32 Å². The van der Waals surface area contributed by atoms with E-state index in [0.717, 1.165) is 6.42 Å². The molecule has 0 fully saturated rings. The van der Waals surface area contributed by atoms with E-state index in [1.165, 1.54) is 0 Å². The fraction of sp³-hybridized carbons (Fsp3) is 0.500. The van der Waals surface area contributed by atoms with Crippen molar-refractivity contribution >= 4 is 5.91 Å². The van der Waals surface area contributed by atoms with Crippen LogP contribution in [0.4, 0.5) is 0 Å². The second-order valence-electron chi connectivity index (χ2n) is 3.25. The van der Waals surface area contributed by atoms with Gasteiger partial charge in [0.05, 0.1) is 6.54 Å². The van der Waals surface area contributed by atoms with Gasteiger partial charge < -0.3 is 15.5 Å². The Morgan fingerprint density at radius 3 is 2.86 bits per heavy atom. The van der Waals surface area contributed by atoms with Gasteiger partial charge in [0.25, 0.3) is 5.91 Å². The third kappa shape index (κ3) is 2.60. The van der Waals surface area contributed by atoms with Crippen molar-refractivity contribution in [3.8, 4) is 0 Å². The number of furan rings is 1. The van der Waals surface area contributed by atoms with Gasteiger partial charge in [0, 0.05) is 6.04 Å². The molecule has 0 aliphatic carbocycles. The van der Waals surface area contributed by atoms with Crippen LogP contribution in [0.25, 0.3) is 0 Å². The predicted octanol–water partition coefficient (Wildman–Crippen LogP) is 1.27. The highest BCUT2D eigenvalue weighted by molar-refractivity contribution is 5.91. The summed E-state index contributed by atoms with van der Waals surface area (Å²) in [5, 5.41) is 2.81. The zero-order chi connectivity index (χ0) is 10.6. The second kappa shape index (κ2) is 4.81. The minimum absolute atomic E-state index is 0.161. The summed E-state index contributed by atoms with van der Waals surface area (Å²) in [4.78, 5) is 11.5. The van der Waals surface area contributed by atoms with Crippen molar-refractivity contribution in [3.63, 3.8) is 0 Å². The van der Waals surface area contributed by atoms with E-state index < -0.39 is 0 Å².